The lowest BCUT2D eigenvalue weighted by Gasteiger charge is -2.26. The van der Waals surface area contributed by atoms with Gasteiger partial charge in [0.15, 0.2) is 0 Å². The maximum Gasteiger partial charge on any atom is 0.264 e. The number of piperidine rings is 1. The number of hydrogen-bond acceptors (Lipinski definition) is 5. The number of sulfonamides is 2. The normalized spacial score (nSPS) is 14.8. The fourth-order valence-electron chi connectivity index (χ4n) is 4.30. The summed E-state index contributed by atoms with van der Waals surface area (Å²) in [6.07, 6.45) is 2.71. The average Bonchev–Trinajstić information content (AvgIpc) is 2.90. The Labute approximate surface area is 219 Å². The number of aryl methyl sites for hydroxylation is 2. The minimum Gasteiger partial charge on any atom is -0.325 e. The molecular weight excluding hydrogens is 510 g/mol. The first-order valence-electron chi connectivity index (χ1n) is 12.1. The molecule has 8 nitrogen and oxygen atoms in total. The van der Waals surface area contributed by atoms with Crippen molar-refractivity contribution in [1.29, 1.82) is 0 Å². The SMILES string of the molecule is Cc1ccc(C)c(N(CC(=O)Nc2ccc(S(=O)(=O)N3CCCCC3)cc2)S(=O)(=O)c2ccccc2)c1. The molecule has 10 heteroatoms. The van der Waals surface area contributed by atoms with E-state index in [1.807, 2.05) is 19.1 Å². The molecule has 0 saturated carbocycles. The topological polar surface area (TPSA) is 104 Å². The zero-order valence-corrected chi connectivity index (χ0v) is 22.6. The fraction of sp³-hybridized carbons (Fsp3) is 0.296. The number of carbonyl (C=O) groups is 1. The van der Waals surface area contributed by atoms with Gasteiger partial charge in [0.2, 0.25) is 15.9 Å². The van der Waals surface area contributed by atoms with E-state index >= 15 is 0 Å². The average molecular weight is 542 g/mol. The minimum atomic E-state index is -4.03. The van der Waals surface area contributed by atoms with Crippen LogP contribution in [0.1, 0.15) is 30.4 Å². The van der Waals surface area contributed by atoms with E-state index in [1.54, 1.807) is 31.2 Å². The first-order valence-corrected chi connectivity index (χ1v) is 15.0. The summed E-state index contributed by atoms with van der Waals surface area (Å²) in [4.78, 5) is 13.3. The number of nitrogens with zero attached hydrogens (tertiary/aromatic N) is 2. The monoisotopic (exact) mass is 541 g/mol. The van der Waals surface area contributed by atoms with Gasteiger partial charge in [-0.1, -0.05) is 36.8 Å². The lowest BCUT2D eigenvalue weighted by Crippen LogP contribution is -2.38. The van der Waals surface area contributed by atoms with Crippen molar-refractivity contribution in [2.24, 2.45) is 0 Å². The van der Waals surface area contributed by atoms with Crippen LogP contribution < -0.4 is 9.62 Å². The molecule has 196 valence electrons. The number of anilines is 2. The zero-order valence-electron chi connectivity index (χ0n) is 20.9. The summed E-state index contributed by atoms with van der Waals surface area (Å²) < 4.78 is 55.5. The second kappa shape index (κ2) is 11.0. The number of amides is 1. The Bertz CT molecular complexity index is 1470. The summed E-state index contributed by atoms with van der Waals surface area (Å²) in [5.41, 5.74) is 2.37. The third-order valence-corrected chi connectivity index (χ3v) is 10.0. The van der Waals surface area contributed by atoms with Crippen LogP contribution in [-0.2, 0) is 24.8 Å². The predicted octanol–water partition coefficient (Wildman–Crippen LogP) is 4.31. The standard InChI is InChI=1S/C27H31N3O5S2/c1-21-11-12-22(2)26(19-21)30(37(34,35)24-9-5-3-6-10-24)20-27(31)28-23-13-15-25(16-14-23)36(32,33)29-17-7-4-8-18-29/h3,5-6,9-16,19H,4,7-8,17-18,20H2,1-2H3,(H,28,31). The molecule has 1 aliphatic heterocycles. The summed E-state index contributed by atoms with van der Waals surface area (Å²) in [6.45, 7) is 4.21. The van der Waals surface area contributed by atoms with Crippen LogP contribution in [0.2, 0.25) is 0 Å². The van der Waals surface area contributed by atoms with Gasteiger partial charge in [0.25, 0.3) is 10.0 Å². The summed E-state index contributed by atoms with van der Waals surface area (Å²) in [5, 5.41) is 2.70. The molecule has 1 aliphatic rings. The van der Waals surface area contributed by atoms with Crippen LogP contribution in [0, 0.1) is 13.8 Å². The third-order valence-electron chi connectivity index (χ3n) is 6.34. The maximum atomic E-state index is 13.6. The molecular formula is C27H31N3O5S2. The van der Waals surface area contributed by atoms with Gasteiger partial charge in [-0.3, -0.25) is 9.10 Å². The first-order chi connectivity index (χ1) is 17.6. The molecule has 1 fully saturated rings. The highest BCUT2D eigenvalue weighted by molar-refractivity contribution is 7.92. The molecule has 0 radical (unpaired) electrons. The van der Waals surface area contributed by atoms with Crippen LogP contribution in [-0.4, -0.2) is 46.7 Å². The van der Waals surface area contributed by atoms with Crippen LogP contribution in [0.3, 0.4) is 0 Å². The van der Waals surface area contributed by atoms with Crippen molar-refractivity contribution in [3.63, 3.8) is 0 Å². The Morgan fingerprint density at radius 3 is 2.14 bits per heavy atom. The lowest BCUT2D eigenvalue weighted by atomic mass is 10.1. The molecule has 0 aromatic heterocycles. The summed E-state index contributed by atoms with van der Waals surface area (Å²) >= 11 is 0. The Morgan fingerprint density at radius 1 is 0.838 bits per heavy atom. The van der Waals surface area contributed by atoms with Crippen LogP contribution in [0.4, 0.5) is 11.4 Å². The molecule has 1 heterocycles. The van der Waals surface area contributed by atoms with Gasteiger partial charge < -0.3 is 5.32 Å². The molecule has 37 heavy (non-hydrogen) atoms. The predicted molar refractivity (Wildman–Crippen MR) is 145 cm³/mol. The highest BCUT2D eigenvalue weighted by atomic mass is 32.2. The minimum absolute atomic E-state index is 0.0796. The molecule has 0 spiro atoms. The number of rotatable bonds is 8. The van der Waals surface area contributed by atoms with Crippen LogP contribution in [0.15, 0.2) is 82.6 Å². The van der Waals surface area contributed by atoms with Gasteiger partial charge in [-0.25, -0.2) is 16.8 Å². The molecule has 3 aromatic carbocycles. The van der Waals surface area contributed by atoms with Gasteiger partial charge in [-0.05, 0) is 80.3 Å². The molecule has 1 amide bonds. The van der Waals surface area contributed by atoms with Crippen LogP contribution >= 0.6 is 0 Å². The van der Waals surface area contributed by atoms with E-state index in [9.17, 15) is 21.6 Å². The molecule has 3 aromatic rings. The summed E-state index contributed by atoms with van der Waals surface area (Å²) in [7, 11) is -7.62. The third kappa shape index (κ3) is 6.03. The van der Waals surface area contributed by atoms with Gasteiger partial charge >= 0.3 is 0 Å². The Hall–Kier alpha value is -3.21. The van der Waals surface area contributed by atoms with Gasteiger partial charge in [0, 0.05) is 18.8 Å². The smallest absolute Gasteiger partial charge is 0.264 e. The quantitative estimate of drug-likeness (QED) is 0.458. The molecule has 1 N–H and O–H groups in total. The molecule has 0 atom stereocenters. The van der Waals surface area contributed by atoms with E-state index in [0.717, 1.165) is 29.1 Å². The van der Waals surface area contributed by atoms with E-state index in [4.69, 9.17) is 0 Å². The fourth-order valence-corrected chi connectivity index (χ4v) is 7.32. The van der Waals surface area contributed by atoms with E-state index in [1.165, 1.54) is 40.7 Å². The van der Waals surface area contributed by atoms with Gasteiger partial charge in [0.1, 0.15) is 6.54 Å². The number of benzene rings is 3. The Balaban J connectivity index is 1.56. The zero-order chi connectivity index (χ0) is 26.6. The number of carbonyl (C=O) groups excluding carboxylic acids is 1. The van der Waals surface area contributed by atoms with Crippen LogP contribution in [0.5, 0.6) is 0 Å². The van der Waals surface area contributed by atoms with Gasteiger partial charge in [0.05, 0.1) is 15.5 Å². The highest BCUT2D eigenvalue weighted by Gasteiger charge is 2.29. The first kappa shape index (κ1) is 26.8. The molecule has 0 aliphatic carbocycles. The largest absolute Gasteiger partial charge is 0.325 e. The molecule has 1 saturated heterocycles. The molecule has 4 rings (SSSR count). The second-order valence-electron chi connectivity index (χ2n) is 9.15. The van der Waals surface area contributed by atoms with Gasteiger partial charge in [-0.15, -0.1) is 0 Å². The van der Waals surface area contributed by atoms with Crippen molar-refractivity contribution in [2.45, 2.75) is 42.9 Å². The second-order valence-corrected chi connectivity index (χ2v) is 13.0. The summed E-state index contributed by atoms with van der Waals surface area (Å²) in [5.74, 6) is -0.549. The number of nitrogens with one attached hydrogen (secondary N) is 1. The Morgan fingerprint density at radius 2 is 1.49 bits per heavy atom. The van der Waals surface area contributed by atoms with Crippen molar-refractivity contribution >= 4 is 37.3 Å². The van der Waals surface area contributed by atoms with Crippen molar-refractivity contribution in [1.82, 2.24) is 4.31 Å². The van der Waals surface area contributed by atoms with Gasteiger partial charge in [-0.2, -0.15) is 4.31 Å². The van der Waals surface area contributed by atoms with Crippen molar-refractivity contribution < 1.29 is 21.6 Å². The van der Waals surface area contributed by atoms with Crippen molar-refractivity contribution in [3.05, 3.63) is 83.9 Å². The number of hydrogen-bond donors (Lipinski definition) is 1. The van der Waals surface area contributed by atoms with Crippen molar-refractivity contribution in [2.75, 3.05) is 29.3 Å². The summed E-state index contributed by atoms with van der Waals surface area (Å²) in [6, 6.07) is 19.4. The van der Waals surface area contributed by atoms with E-state index in [2.05, 4.69) is 5.32 Å². The van der Waals surface area contributed by atoms with E-state index in [0.29, 0.717) is 30.0 Å². The molecule has 0 unspecified atom stereocenters. The van der Waals surface area contributed by atoms with E-state index in [-0.39, 0.29) is 9.79 Å². The van der Waals surface area contributed by atoms with Crippen LogP contribution in [0.25, 0.3) is 0 Å². The highest BCUT2D eigenvalue weighted by Crippen LogP contribution is 2.28. The maximum absolute atomic E-state index is 13.6. The molecule has 0 bridgehead atoms. The lowest BCUT2D eigenvalue weighted by molar-refractivity contribution is -0.114. The Kier molecular flexibility index (Phi) is 8.01. The van der Waals surface area contributed by atoms with Crippen molar-refractivity contribution in [3.8, 4) is 0 Å². The van der Waals surface area contributed by atoms with E-state index < -0.39 is 32.5 Å².